The summed E-state index contributed by atoms with van der Waals surface area (Å²) in [6.07, 6.45) is 2.42. The highest BCUT2D eigenvalue weighted by Gasteiger charge is 2.31. The van der Waals surface area contributed by atoms with Gasteiger partial charge in [0.05, 0.1) is 0 Å². The highest BCUT2D eigenvalue weighted by molar-refractivity contribution is 4.88. The fourth-order valence-electron chi connectivity index (χ4n) is 2.16. The van der Waals surface area contributed by atoms with E-state index in [2.05, 4.69) is 60.7 Å². The molecule has 92 valence electrons. The van der Waals surface area contributed by atoms with Gasteiger partial charge in [0.25, 0.3) is 0 Å². The van der Waals surface area contributed by atoms with Gasteiger partial charge in [0.1, 0.15) is 0 Å². The van der Waals surface area contributed by atoms with E-state index in [9.17, 15) is 0 Å². The van der Waals surface area contributed by atoms with E-state index in [0.717, 1.165) is 5.92 Å². The maximum Gasteiger partial charge on any atom is 0.0132 e. The van der Waals surface area contributed by atoms with Gasteiger partial charge in [-0.05, 0) is 44.9 Å². The van der Waals surface area contributed by atoms with Crippen LogP contribution in [-0.4, -0.2) is 11.6 Å². The summed E-state index contributed by atoms with van der Waals surface area (Å²) in [5.41, 5.74) is 0.646. The van der Waals surface area contributed by atoms with Gasteiger partial charge in [0.15, 0.2) is 0 Å². The van der Waals surface area contributed by atoms with Gasteiger partial charge in [-0.15, -0.1) is 0 Å². The highest BCUT2D eigenvalue weighted by Crippen LogP contribution is 2.35. The molecule has 0 aromatic carbocycles. The summed E-state index contributed by atoms with van der Waals surface area (Å²) in [5, 5.41) is 3.72. The van der Waals surface area contributed by atoms with E-state index >= 15 is 0 Å². The van der Waals surface area contributed by atoms with Crippen LogP contribution in [-0.2, 0) is 0 Å². The summed E-state index contributed by atoms with van der Waals surface area (Å²) < 4.78 is 0. The third-order valence-corrected chi connectivity index (χ3v) is 3.71. The average molecular weight is 213 g/mol. The van der Waals surface area contributed by atoms with Gasteiger partial charge >= 0.3 is 0 Å². The van der Waals surface area contributed by atoms with Crippen molar-refractivity contribution in [2.45, 2.75) is 79.8 Å². The summed E-state index contributed by atoms with van der Waals surface area (Å²) in [7, 11) is 0. The second-order valence-electron chi connectivity index (χ2n) is 6.66. The van der Waals surface area contributed by atoms with Crippen LogP contribution < -0.4 is 5.32 Å². The lowest BCUT2D eigenvalue weighted by molar-refractivity contribution is 0.154. The van der Waals surface area contributed by atoms with Crippen LogP contribution in [0.15, 0.2) is 0 Å². The molecule has 1 atom stereocenters. The van der Waals surface area contributed by atoms with Crippen LogP contribution in [0.2, 0.25) is 0 Å². The zero-order valence-corrected chi connectivity index (χ0v) is 12.1. The molecule has 0 aliphatic rings. The lowest BCUT2D eigenvalue weighted by Gasteiger charge is -2.40. The van der Waals surface area contributed by atoms with Gasteiger partial charge in [-0.25, -0.2) is 0 Å². The molecule has 0 aliphatic carbocycles. The highest BCUT2D eigenvalue weighted by atomic mass is 15.0. The van der Waals surface area contributed by atoms with Crippen molar-refractivity contribution in [2.75, 3.05) is 0 Å². The molecule has 1 unspecified atom stereocenters. The van der Waals surface area contributed by atoms with E-state index in [1.54, 1.807) is 0 Å². The smallest absolute Gasteiger partial charge is 0.0132 e. The molecular weight excluding hydrogens is 182 g/mol. The van der Waals surface area contributed by atoms with E-state index in [0.29, 0.717) is 11.5 Å². The average Bonchev–Trinajstić information content (AvgIpc) is 2.00. The molecular formula is C14H31N. The molecule has 0 saturated carbocycles. The minimum Gasteiger partial charge on any atom is -0.309 e. The van der Waals surface area contributed by atoms with Gasteiger partial charge in [0, 0.05) is 11.6 Å². The molecule has 0 aromatic rings. The molecule has 0 rings (SSSR count). The maximum absolute atomic E-state index is 3.72. The lowest BCUT2D eigenvalue weighted by atomic mass is 9.72. The Labute approximate surface area is 97.0 Å². The third kappa shape index (κ3) is 5.55. The van der Waals surface area contributed by atoms with Gasteiger partial charge in [0.2, 0.25) is 0 Å². The van der Waals surface area contributed by atoms with Gasteiger partial charge in [-0.3, -0.25) is 0 Å². The summed E-state index contributed by atoms with van der Waals surface area (Å²) in [5.74, 6) is 0.732. The fourth-order valence-corrected chi connectivity index (χ4v) is 2.16. The zero-order chi connectivity index (χ0) is 12.3. The van der Waals surface area contributed by atoms with Crippen molar-refractivity contribution >= 4 is 0 Å². The Balaban J connectivity index is 4.36. The standard InChI is InChI=1S/C14H31N/c1-9-12(4)15-14(7,8)10-13(5,6)11(2)3/h11-12,15H,9-10H2,1-8H3. The van der Waals surface area contributed by atoms with Crippen LogP contribution in [0.3, 0.4) is 0 Å². The minimum absolute atomic E-state index is 0.239. The molecule has 0 fully saturated rings. The summed E-state index contributed by atoms with van der Waals surface area (Å²) in [4.78, 5) is 0. The Bertz CT molecular complexity index is 180. The molecule has 15 heavy (non-hydrogen) atoms. The second-order valence-corrected chi connectivity index (χ2v) is 6.66. The molecule has 0 radical (unpaired) electrons. The molecule has 1 nitrogen and oxygen atoms in total. The van der Waals surface area contributed by atoms with E-state index in [-0.39, 0.29) is 5.54 Å². The number of nitrogens with one attached hydrogen (secondary N) is 1. The first-order valence-corrected chi connectivity index (χ1v) is 6.38. The van der Waals surface area contributed by atoms with Crippen LogP contribution in [0.1, 0.15) is 68.2 Å². The molecule has 1 heteroatoms. The van der Waals surface area contributed by atoms with Crippen LogP contribution in [0, 0.1) is 11.3 Å². The Morgan fingerprint density at radius 3 is 1.80 bits per heavy atom. The summed E-state index contributed by atoms with van der Waals surface area (Å²) in [6, 6.07) is 0.614. The molecule has 0 saturated heterocycles. The number of rotatable bonds is 6. The third-order valence-electron chi connectivity index (χ3n) is 3.71. The van der Waals surface area contributed by atoms with Gasteiger partial charge in [-0.1, -0.05) is 34.6 Å². The first-order valence-electron chi connectivity index (χ1n) is 6.38. The first-order chi connectivity index (χ1) is 6.60. The van der Waals surface area contributed by atoms with E-state index in [1.165, 1.54) is 12.8 Å². The predicted octanol–water partition coefficient (Wildman–Crippen LogP) is 4.23. The van der Waals surface area contributed by atoms with Crippen molar-refractivity contribution in [3.63, 3.8) is 0 Å². The Morgan fingerprint density at radius 1 is 1.00 bits per heavy atom. The maximum atomic E-state index is 3.72. The Kier molecular flexibility index (Phi) is 5.32. The molecule has 1 N–H and O–H groups in total. The number of hydrogen-bond acceptors (Lipinski definition) is 1. The normalized spacial score (nSPS) is 15.8. The van der Waals surface area contributed by atoms with Crippen LogP contribution in [0.25, 0.3) is 0 Å². The lowest BCUT2D eigenvalue weighted by Crippen LogP contribution is -2.47. The molecule has 0 bridgehead atoms. The van der Waals surface area contributed by atoms with Crippen molar-refractivity contribution in [2.24, 2.45) is 11.3 Å². The molecule has 0 aromatic heterocycles. The van der Waals surface area contributed by atoms with E-state index < -0.39 is 0 Å². The van der Waals surface area contributed by atoms with Crippen molar-refractivity contribution in [3.05, 3.63) is 0 Å². The van der Waals surface area contributed by atoms with Gasteiger partial charge in [-0.2, -0.15) is 0 Å². The Morgan fingerprint density at radius 2 is 1.47 bits per heavy atom. The van der Waals surface area contributed by atoms with Crippen molar-refractivity contribution < 1.29 is 0 Å². The number of hydrogen-bond donors (Lipinski definition) is 1. The second kappa shape index (κ2) is 5.34. The monoisotopic (exact) mass is 213 g/mol. The van der Waals surface area contributed by atoms with Crippen LogP contribution in [0.5, 0.6) is 0 Å². The van der Waals surface area contributed by atoms with Crippen molar-refractivity contribution in [1.82, 2.24) is 5.32 Å². The zero-order valence-electron chi connectivity index (χ0n) is 12.1. The minimum atomic E-state index is 0.239. The molecule has 0 heterocycles. The fraction of sp³-hybridized carbons (Fsp3) is 1.00. The van der Waals surface area contributed by atoms with E-state index in [1.807, 2.05) is 0 Å². The van der Waals surface area contributed by atoms with Crippen molar-refractivity contribution in [1.29, 1.82) is 0 Å². The van der Waals surface area contributed by atoms with Crippen molar-refractivity contribution in [3.8, 4) is 0 Å². The van der Waals surface area contributed by atoms with Crippen LogP contribution >= 0.6 is 0 Å². The quantitative estimate of drug-likeness (QED) is 0.696. The largest absolute Gasteiger partial charge is 0.309 e. The first kappa shape index (κ1) is 15.0. The summed E-state index contributed by atoms with van der Waals surface area (Å²) in [6.45, 7) is 18.5. The molecule has 0 spiro atoms. The molecule has 0 amide bonds. The summed E-state index contributed by atoms with van der Waals surface area (Å²) >= 11 is 0. The van der Waals surface area contributed by atoms with Crippen LogP contribution in [0.4, 0.5) is 0 Å². The van der Waals surface area contributed by atoms with E-state index in [4.69, 9.17) is 0 Å². The molecule has 0 aliphatic heterocycles. The predicted molar refractivity (Wildman–Crippen MR) is 70.2 cm³/mol. The SMILES string of the molecule is CCC(C)NC(C)(C)CC(C)(C)C(C)C. The topological polar surface area (TPSA) is 12.0 Å². The van der Waals surface area contributed by atoms with Gasteiger partial charge < -0.3 is 5.32 Å². The Hall–Kier alpha value is -0.0400.